The van der Waals surface area contributed by atoms with E-state index in [-0.39, 0.29) is 5.41 Å². The lowest BCUT2D eigenvalue weighted by Gasteiger charge is -2.38. The Morgan fingerprint density at radius 1 is 1.25 bits per heavy atom. The maximum Gasteiger partial charge on any atom is 0.191 e. The molecule has 0 aliphatic carbocycles. The van der Waals surface area contributed by atoms with Gasteiger partial charge in [-0.2, -0.15) is 11.8 Å². The number of hydrogen-bond donors (Lipinski definition) is 2. The highest BCUT2D eigenvalue weighted by atomic mass is 32.2. The lowest BCUT2D eigenvalue weighted by Crippen LogP contribution is -2.48. The molecule has 0 radical (unpaired) electrons. The number of aliphatic imine (C=N–C) groups is 1. The molecule has 2 heterocycles. The van der Waals surface area contributed by atoms with Crippen molar-refractivity contribution in [3.05, 3.63) is 35.9 Å². The third kappa shape index (κ3) is 4.45. The zero-order chi connectivity index (χ0) is 16.7. The first kappa shape index (κ1) is 17.6. The Kier molecular flexibility index (Phi) is 6.44. The van der Waals surface area contributed by atoms with Gasteiger partial charge in [-0.15, -0.1) is 0 Å². The Morgan fingerprint density at radius 2 is 2.04 bits per heavy atom. The molecule has 2 aliphatic heterocycles. The molecule has 132 valence electrons. The molecule has 1 atom stereocenters. The van der Waals surface area contributed by atoms with E-state index in [2.05, 4.69) is 57.7 Å². The second-order valence-corrected chi connectivity index (χ2v) is 8.11. The number of rotatable bonds is 5. The second kappa shape index (κ2) is 8.77. The van der Waals surface area contributed by atoms with E-state index in [1.54, 1.807) is 0 Å². The van der Waals surface area contributed by atoms with E-state index < -0.39 is 0 Å². The number of thioether (sulfide) groups is 1. The summed E-state index contributed by atoms with van der Waals surface area (Å²) in [5.41, 5.74) is 1.54. The molecule has 0 aromatic heterocycles. The van der Waals surface area contributed by atoms with Crippen LogP contribution in [0.15, 0.2) is 35.3 Å². The van der Waals surface area contributed by atoms with Gasteiger partial charge in [-0.1, -0.05) is 30.3 Å². The van der Waals surface area contributed by atoms with Gasteiger partial charge in [0.05, 0.1) is 0 Å². The monoisotopic (exact) mass is 347 g/mol. The summed E-state index contributed by atoms with van der Waals surface area (Å²) in [7, 11) is 1.86. The first-order valence-corrected chi connectivity index (χ1v) is 10.1. The number of hydrogen-bond acceptors (Lipinski definition) is 3. The summed E-state index contributed by atoms with van der Waals surface area (Å²) in [6, 6.07) is 10.9. The topological polar surface area (TPSA) is 45.7 Å². The van der Waals surface area contributed by atoms with Crippen LogP contribution in [-0.4, -0.2) is 50.3 Å². The van der Waals surface area contributed by atoms with Gasteiger partial charge in [0.2, 0.25) is 0 Å². The van der Waals surface area contributed by atoms with E-state index in [9.17, 15) is 0 Å². The molecule has 1 unspecified atom stereocenters. The van der Waals surface area contributed by atoms with Crippen LogP contribution < -0.4 is 10.6 Å². The Labute approximate surface area is 149 Å². The lowest BCUT2D eigenvalue weighted by atomic mass is 9.74. The summed E-state index contributed by atoms with van der Waals surface area (Å²) in [6.07, 6.45) is 4.78. The van der Waals surface area contributed by atoms with Crippen LogP contribution in [0.1, 0.15) is 31.2 Å². The molecule has 5 heteroatoms. The van der Waals surface area contributed by atoms with Gasteiger partial charge in [0.15, 0.2) is 5.96 Å². The Bertz CT molecular complexity index is 523. The van der Waals surface area contributed by atoms with Crippen molar-refractivity contribution >= 4 is 17.7 Å². The molecular formula is C19H29N3OS. The van der Waals surface area contributed by atoms with E-state index in [0.717, 1.165) is 50.4 Å². The standard InChI is InChI=1S/C19H29N3OS/c1-20-18(21-14-17-8-5-13-24-17)22-15-19(9-11-23-12-10-19)16-6-3-2-4-7-16/h2-4,6-7,17H,5,8-15H2,1H3,(H2,20,21,22). The summed E-state index contributed by atoms with van der Waals surface area (Å²) >= 11 is 2.08. The average molecular weight is 348 g/mol. The molecule has 4 nitrogen and oxygen atoms in total. The third-order valence-corrected chi connectivity index (χ3v) is 6.57. The van der Waals surface area contributed by atoms with Crippen molar-refractivity contribution in [2.45, 2.75) is 36.3 Å². The molecule has 1 aromatic rings. The van der Waals surface area contributed by atoms with Gasteiger partial charge in [-0.05, 0) is 37.0 Å². The molecule has 2 aliphatic rings. The average Bonchev–Trinajstić information content (AvgIpc) is 3.17. The fourth-order valence-electron chi connectivity index (χ4n) is 3.61. The van der Waals surface area contributed by atoms with Crippen molar-refractivity contribution in [1.82, 2.24) is 10.6 Å². The van der Waals surface area contributed by atoms with E-state index in [1.165, 1.54) is 24.2 Å². The molecule has 2 saturated heterocycles. The second-order valence-electron chi connectivity index (χ2n) is 6.70. The first-order chi connectivity index (χ1) is 11.8. The van der Waals surface area contributed by atoms with Crippen LogP contribution in [0.5, 0.6) is 0 Å². The predicted molar refractivity (Wildman–Crippen MR) is 103 cm³/mol. The van der Waals surface area contributed by atoms with Gasteiger partial charge >= 0.3 is 0 Å². The largest absolute Gasteiger partial charge is 0.381 e. The minimum absolute atomic E-state index is 0.138. The van der Waals surface area contributed by atoms with Crippen molar-refractivity contribution in [1.29, 1.82) is 0 Å². The zero-order valence-corrected chi connectivity index (χ0v) is 15.4. The van der Waals surface area contributed by atoms with Gasteiger partial charge in [-0.25, -0.2) is 0 Å². The van der Waals surface area contributed by atoms with Crippen LogP contribution in [0.4, 0.5) is 0 Å². The highest BCUT2D eigenvalue weighted by Crippen LogP contribution is 2.34. The molecule has 1 aromatic carbocycles. The summed E-state index contributed by atoms with van der Waals surface area (Å²) in [6.45, 7) is 3.58. The van der Waals surface area contributed by atoms with E-state index in [1.807, 2.05) is 7.05 Å². The highest BCUT2D eigenvalue weighted by Gasteiger charge is 2.34. The van der Waals surface area contributed by atoms with Crippen molar-refractivity contribution in [3.8, 4) is 0 Å². The van der Waals surface area contributed by atoms with Crippen LogP contribution in [0.25, 0.3) is 0 Å². The fourth-order valence-corrected chi connectivity index (χ4v) is 4.81. The normalized spacial score (nSPS) is 23.9. The minimum atomic E-state index is 0.138. The van der Waals surface area contributed by atoms with Gasteiger partial charge in [0.25, 0.3) is 0 Å². The van der Waals surface area contributed by atoms with Crippen molar-refractivity contribution < 1.29 is 4.74 Å². The van der Waals surface area contributed by atoms with Crippen molar-refractivity contribution in [3.63, 3.8) is 0 Å². The Morgan fingerprint density at radius 3 is 2.71 bits per heavy atom. The van der Waals surface area contributed by atoms with Crippen LogP contribution in [0.2, 0.25) is 0 Å². The molecule has 0 bridgehead atoms. The number of nitrogens with zero attached hydrogens (tertiary/aromatic N) is 1. The smallest absolute Gasteiger partial charge is 0.191 e. The SMILES string of the molecule is CN=C(NCC1CCCS1)NCC1(c2ccccc2)CCOCC1. The molecule has 2 N–H and O–H groups in total. The van der Waals surface area contributed by atoms with Gasteiger partial charge in [0.1, 0.15) is 0 Å². The Balaban J connectivity index is 1.60. The number of guanidine groups is 1. The first-order valence-electron chi connectivity index (χ1n) is 9.02. The Hall–Kier alpha value is -1.20. The number of ether oxygens (including phenoxy) is 1. The minimum Gasteiger partial charge on any atom is -0.381 e. The van der Waals surface area contributed by atoms with Crippen LogP contribution in [0, 0.1) is 0 Å². The summed E-state index contributed by atoms with van der Waals surface area (Å²) in [4.78, 5) is 4.41. The van der Waals surface area contributed by atoms with Crippen LogP contribution >= 0.6 is 11.8 Å². The molecular weight excluding hydrogens is 318 g/mol. The van der Waals surface area contributed by atoms with Crippen LogP contribution in [0.3, 0.4) is 0 Å². The number of nitrogens with one attached hydrogen (secondary N) is 2. The molecule has 2 fully saturated rings. The maximum absolute atomic E-state index is 5.62. The zero-order valence-electron chi connectivity index (χ0n) is 14.6. The third-order valence-electron chi connectivity index (χ3n) is 5.18. The molecule has 3 rings (SSSR count). The van der Waals surface area contributed by atoms with Crippen molar-refractivity contribution in [2.24, 2.45) is 4.99 Å². The molecule has 24 heavy (non-hydrogen) atoms. The van der Waals surface area contributed by atoms with E-state index in [4.69, 9.17) is 4.74 Å². The molecule has 0 amide bonds. The highest BCUT2D eigenvalue weighted by molar-refractivity contribution is 8.00. The quantitative estimate of drug-likeness (QED) is 0.635. The summed E-state index contributed by atoms with van der Waals surface area (Å²) in [5.74, 6) is 2.22. The van der Waals surface area contributed by atoms with E-state index >= 15 is 0 Å². The lowest BCUT2D eigenvalue weighted by molar-refractivity contribution is 0.0514. The summed E-state index contributed by atoms with van der Waals surface area (Å²) < 4.78 is 5.62. The van der Waals surface area contributed by atoms with Crippen molar-refractivity contribution in [2.75, 3.05) is 39.1 Å². The predicted octanol–water partition coefficient (Wildman–Crippen LogP) is 2.80. The summed E-state index contributed by atoms with van der Waals surface area (Å²) in [5, 5.41) is 7.81. The number of benzene rings is 1. The van der Waals surface area contributed by atoms with Crippen LogP contribution in [-0.2, 0) is 10.2 Å². The van der Waals surface area contributed by atoms with Gasteiger partial charge in [-0.3, -0.25) is 4.99 Å². The van der Waals surface area contributed by atoms with Gasteiger partial charge < -0.3 is 15.4 Å². The molecule has 0 saturated carbocycles. The van der Waals surface area contributed by atoms with E-state index in [0.29, 0.717) is 0 Å². The maximum atomic E-state index is 5.62. The van der Waals surface area contributed by atoms with Gasteiger partial charge in [0, 0.05) is 44.0 Å². The molecule has 0 spiro atoms. The fraction of sp³-hybridized carbons (Fsp3) is 0.632.